The number of Topliss-reactive ketones (excluding diaryl/α,β-unsaturated/α-hetero) is 1. The molecule has 1 aliphatic rings. The van der Waals surface area contributed by atoms with E-state index in [-0.39, 0.29) is 12.3 Å². The van der Waals surface area contributed by atoms with Gasteiger partial charge < -0.3 is 15.6 Å². The Morgan fingerprint density at radius 3 is 2.71 bits per heavy atom. The molecule has 3 N–H and O–H groups in total. The summed E-state index contributed by atoms with van der Waals surface area (Å²) < 4.78 is 5.30. The molecule has 0 spiro atoms. The fourth-order valence-electron chi connectivity index (χ4n) is 2.59. The highest BCUT2D eigenvalue weighted by Crippen LogP contribution is 2.26. The third-order valence-corrected chi connectivity index (χ3v) is 3.89. The molecule has 1 unspecified atom stereocenters. The molecular formula is C15H20N2O4. The predicted molar refractivity (Wildman–Crippen MR) is 77.4 cm³/mol. The summed E-state index contributed by atoms with van der Waals surface area (Å²) in [5.74, 6) is -0.307. The van der Waals surface area contributed by atoms with E-state index < -0.39 is 11.5 Å². The van der Waals surface area contributed by atoms with E-state index in [1.165, 1.54) is 6.92 Å². The van der Waals surface area contributed by atoms with E-state index in [9.17, 15) is 9.59 Å². The van der Waals surface area contributed by atoms with Crippen LogP contribution in [0, 0.1) is 0 Å². The Bertz CT molecular complexity index is 573. The van der Waals surface area contributed by atoms with Crippen LogP contribution in [0.15, 0.2) is 18.2 Å². The maximum atomic E-state index is 11.5. The van der Waals surface area contributed by atoms with E-state index in [2.05, 4.69) is 0 Å². The summed E-state index contributed by atoms with van der Waals surface area (Å²) in [5, 5.41) is 9.15. The van der Waals surface area contributed by atoms with Gasteiger partial charge in [-0.15, -0.1) is 0 Å². The average molecular weight is 292 g/mol. The molecule has 1 heterocycles. The van der Waals surface area contributed by atoms with Crippen LogP contribution in [0.3, 0.4) is 0 Å². The first-order chi connectivity index (χ1) is 9.85. The Hall–Kier alpha value is -1.92. The first-order valence-corrected chi connectivity index (χ1v) is 6.78. The van der Waals surface area contributed by atoms with Crippen LogP contribution in [0.4, 0.5) is 0 Å². The summed E-state index contributed by atoms with van der Waals surface area (Å²) in [6, 6.07) is 5.27. The second kappa shape index (κ2) is 5.83. The molecule has 0 amide bonds. The van der Waals surface area contributed by atoms with Crippen molar-refractivity contribution in [3.63, 3.8) is 0 Å². The first-order valence-electron chi connectivity index (χ1n) is 6.78. The lowest BCUT2D eigenvalue weighted by Gasteiger charge is -2.21. The van der Waals surface area contributed by atoms with Gasteiger partial charge in [0, 0.05) is 30.8 Å². The van der Waals surface area contributed by atoms with E-state index in [1.54, 1.807) is 25.3 Å². The van der Waals surface area contributed by atoms with Crippen LogP contribution in [0.25, 0.3) is 0 Å². The van der Waals surface area contributed by atoms with E-state index in [4.69, 9.17) is 15.6 Å². The van der Waals surface area contributed by atoms with Gasteiger partial charge in [-0.3, -0.25) is 14.5 Å². The third-order valence-electron chi connectivity index (χ3n) is 3.89. The van der Waals surface area contributed by atoms with Crippen molar-refractivity contribution >= 4 is 11.8 Å². The standard InChI is InChI=1S/C15H20N2O4/c1-10(18)11-3-4-13(21-2)12(7-11)8-17-6-5-15(16,9-17)14(19)20/h3-4,7H,5-6,8-9,16H2,1-2H3,(H,19,20). The summed E-state index contributed by atoms with van der Waals surface area (Å²) in [6.45, 7) is 2.92. The lowest BCUT2D eigenvalue weighted by molar-refractivity contribution is -0.142. The number of aliphatic carboxylic acids is 1. The number of rotatable bonds is 5. The quantitative estimate of drug-likeness (QED) is 0.783. The van der Waals surface area contributed by atoms with Crippen LogP contribution in [-0.2, 0) is 11.3 Å². The first kappa shape index (κ1) is 15.5. The normalized spacial score (nSPS) is 22.2. The molecule has 1 fully saturated rings. The number of carbonyl (C=O) groups excluding carboxylic acids is 1. The van der Waals surface area contributed by atoms with Gasteiger partial charge >= 0.3 is 5.97 Å². The largest absolute Gasteiger partial charge is 0.496 e. The fourth-order valence-corrected chi connectivity index (χ4v) is 2.59. The van der Waals surface area contributed by atoms with Crippen molar-refractivity contribution in [3.8, 4) is 5.75 Å². The molecule has 114 valence electrons. The van der Waals surface area contributed by atoms with E-state index >= 15 is 0 Å². The number of likely N-dealkylation sites (tertiary alicyclic amines) is 1. The maximum absolute atomic E-state index is 11.5. The van der Waals surface area contributed by atoms with Crippen LogP contribution >= 0.6 is 0 Å². The monoisotopic (exact) mass is 292 g/mol. The van der Waals surface area contributed by atoms with Crippen molar-refractivity contribution in [2.24, 2.45) is 5.73 Å². The molecule has 21 heavy (non-hydrogen) atoms. The molecule has 6 nitrogen and oxygen atoms in total. The zero-order chi connectivity index (χ0) is 15.6. The molecule has 1 saturated heterocycles. The van der Waals surface area contributed by atoms with Gasteiger partial charge in [-0.2, -0.15) is 0 Å². The molecule has 1 aromatic carbocycles. The molecular weight excluding hydrogens is 272 g/mol. The number of hydrogen-bond donors (Lipinski definition) is 2. The molecule has 0 aromatic heterocycles. The van der Waals surface area contributed by atoms with Crippen LogP contribution < -0.4 is 10.5 Å². The molecule has 6 heteroatoms. The average Bonchev–Trinajstić information content (AvgIpc) is 2.81. The highest BCUT2D eigenvalue weighted by atomic mass is 16.5. The minimum absolute atomic E-state index is 0.0148. The number of ether oxygens (including phenoxy) is 1. The molecule has 1 atom stereocenters. The third kappa shape index (κ3) is 3.22. The van der Waals surface area contributed by atoms with Gasteiger partial charge in [-0.05, 0) is 31.5 Å². The SMILES string of the molecule is COc1ccc(C(C)=O)cc1CN1CCC(N)(C(=O)O)C1. The van der Waals surface area contributed by atoms with E-state index in [0.29, 0.717) is 30.8 Å². The summed E-state index contributed by atoms with van der Waals surface area (Å²) in [6.07, 6.45) is 0.414. The van der Waals surface area contributed by atoms with Crippen molar-refractivity contribution in [3.05, 3.63) is 29.3 Å². The summed E-state index contributed by atoms with van der Waals surface area (Å²) in [7, 11) is 1.57. The van der Waals surface area contributed by atoms with Gasteiger partial charge in [0.25, 0.3) is 0 Å². The maximum Gasteiger partial charge on any atom is 0.325 e. The lowest BCUT2D eigenvalue weighted by Crippen LogP contribution is -2.50. The van der Waals surface area contributed by atoms with Gasteiger partial charge in [0.1, 0.15) is 11.3 Å². The predicted octanol–water partition coefficient (Wildman–Crippen LogP) is 0.886. The molecule has 2 rings (SSSR count). The van der Waals surface area contributed by atoms with Crippen LogP contribution in [-0.4, -0.2) is 47.5 Å². The van der Waals surface area contributed by atoms with Crippen LogP contribution in [0.2, 0.25) is 0 Å². The number of carbonyl (C=O) groups is 2. The Balaban J connectivity index is 2.18. The van der Waals surface area contributed by atoms with Crippen molar-refractivity contribution in [2.45, 2.75) is 25.4 Å². The molecule has 0 radical (unpaired) electrons. The van der Waals surface area contributed by atoms with Gasteiger partial charge in [0.05, 0.1) is 7.11 Å². The summed E-state index contributed by atoms with van der Waals surface area (Å²) >= 11 is 0. The molecule has 0 bridgehead atoms. The number of hydrogen-bond acceptors (Lipinski definition) is 5. The molecule has 1 aromatic rings. The lowest BCUT2D eigenvalue weighted by atomic mass is 10.0. The van der Waals surface area contributed by atoms with Gasteiger partial charge in [0.2, 0.25) is 0 Å². The van der Waals surface area contributed by atoms with Crippen LogP contribution in [0.5, 0.6) is 5.75 Å². The minimum atomic E-state index is -1.19. The Labute approximate surface area is 123 Å². The number of carboxylic acid groups (broad SMARTS) is 1. The number of benzene rings is 1. The zero-order valence-corrected chi connectivity index (χ0v) is 12.3. The topological polar surface area (TPSA) is 92.9 Å². The Morgan fingerprint density at radius 2 is 2.19 bits per heavy atom. The smallest absolute Gasteiger partial charge is 0.325 e. The Morgan fingerprint density at radius 1 is 1.48 bits per heavy atom. The highest BCUT2D eigenvalue weighted by Gasteiger charge is 2.41. The molecule has 1 aliphatic heterocycles. The Kier molecular flexibility index (Phi) is 4.29. The van der Waals surface area contributed by atoms with E-state index in [1.807, 2.05) is 4.90 Å². The molecule has 0 saturated carbocycles. The number of ketones is 1. The second-order valence-electron chi connectivity index (χ2n) is 5.50. The van der Waals surface area contributed by atoms with Gasteiger partial charge in [-0.25, -0.2) is 0 Å². The number of nitrogens with two attached hydrogens (primary N) is 1. The van der Waals surface area contributed by atoms with Gasteiger partial charge in [0.15, 0.2) is 5.78 Å². The second-order valence-corrected chi connectivity index (χ2v) is 5.50. The van der Waals surface area contributed by atoms with Crippen molar-refractivity contribution in [1.29, 1.82) is 0 Å². The summed E-state index contributed by atoms with van der Waals surface area (Å²) in [5.41, 5.74) is 6.15. The fraction of sp³-hybridized carbons (Fsp3) is 0.467. The number of carboxylic acids is 1. The number of methoxy groups -OCH3 is 1. The van der Waals surface area contributed by atoms with Gasteiger partial charge in [-0.1, -0.05) is 0 Å². The van der Waals surface area contributed by atoms with E-state index in [0.717, 1.165) is 5.56 Å². The minimum Gasteiger partial charge on any atom is -0.496 e. The summed E-state index contributed by atoms with van der Waals surface area (Å²) in [4.78, 5) is 24.6. The van der Waals surface area contributed by atoms with Crippen molar-refractivity contribution < 1.29 is 19.4 Å². The number of nitrogens with zero attached hydrogens (tertiary/aromatic N) is 1. The highest BCUT2D eigenvalue weighted by molar-refractivity contribution is 5.94. The van der Waals surface area contributed by atoms with Crippen LogP contribution in [0.1, 0.15) is 29.3 Å². The van der Waals surface area contributed by atoms with Crippen molar-refractivity contribution in [2.75, 3.05) is 20.2 Å². The zero-order valence-electron chi connectivity index (χ0n) is 12.3. The molecule has 0 aliphatic carbocycles. The van der Waals surface area contributed by atoms with Crippen molar-refractivity contribution in [1.82, 2.24) is 4.90 Å².